The summed E-state index contributed by atoms with van der Waals surface area (Å²) in [4.78, 5) is 29.8. The maximum Gasteiger partial charge on any atom is 0.310 e. The fourth-order valence-electron chi connectivity index (χ4n) is 0.712. The van der Waals surface area contributed by atoms with E-state index >= 15 is 0 Å². The summed E-state index contributed by atoms with van der Waals surface area (Å²) in [5, 5.41) is 27.0. The zero-order valence-corrected chi connectivity index (χ0v) is 7.12. The Balaban J connectivity index is 3.94. The molecule has 1 atom stereocenters. The van der Waals surface area contributed by atoms with Gasteiger partial charge in [0.2, 0.25) is 6.20 Å². The number of carboxylic acids is 1. The number of aliphatic hydroxyl groups excluding tert-OH is 1. The van der Waals surface area contributed by atoms with E-state index in [2.05, 4.69) is 0 Å². The molecule has 0 amide bonds. The number of carbonyl (C=O) groups excluding carboxylic acids is 1. The molecule has 0 saturated heterocycles. The van der Waals surface area contributed by atoms with Gasteiger partial charge in [0.15, 0.2) is 0 Å². The maximum absolute atomic E-state index is 10.8. The highest BCUT2D eigenvalue weighted by Gasteiger charge is 2.12. The Labute approximate surface area is 78.8 Å². The van der Waals surface area contributed by atoms with Crippen molar-refractivity contribution in [3.05, 3.63) is 22.4 Å². The smallest absolute Gasteiger partial charge is 0.310 e. The maximum atomic E-state index is 10.8. The summed E-state index contributed by atoms with van der Waals surface area (Å²) in [6.45, 7) is 0. The second kappa shape index (κ2) is 5.81. The van der Waals surface area contributed by atoms with Crippen molar-refractivity contribution in [2.24, 2.45) is 0 Å². The van der Waals surface area contributed by atoms with E-state index in [0.29, 0.717) is 6.20 Å². The van der Waals surface area contributed by atoms with E-state index in [1.165, 1.54) is 0 Å². The second-order valence-electron chi connectivity index (χ2n) is 2.51. The number of aliphatic carboxylic acids is 1. The zero-order chi connectivity index (χ0) is 11.1. The monoisotopic (exact) mass is 203 g/mol. The van der Waals surface area contributed by atoms with Crippen LogP contribution in [-0.4, -0.2) is 33.0 Å². The average molecular weight is 203 g/mol. The van der Waals surface area contributed by atoms with Crippen LogP contribution in [0.5, 0.6) is 0 Å². The van der Waals surface area contributed by atoms with Gasteiger partial charge in [0, 0.05) is 12.5 Å². The van der Waals surface area contributed by atoms with Gasteiger partial charge in [-0.25, -0.2) is 0 Å². The number of hydrogen-bond donors (Lipinski definition) is 2. The topological polar surface area (TPSA) is 118 Å². The molecule has 14 heavy (non-hydrogen) atoms. The van der Waals surface area contributed by atoms with Crippen LogP contribution < -0.4 is 0 Å². The normalized spacial score (nSPS) is 12.6. The number of hydrogen-bond acceptors (Lipinski definition) is 5. The lowest BCUT2D eigenvalue weighted by Gasteiger charge is -2.00. The average Bonchev–Trinajstić information content (AvgIpc) is 1.98. The molecular formula is C7H9NO6. The van der Waals surface area contributed by atoms with E-state index in [1.807, 2.05) is 0 Å². The fraction of sp³-hybridized carbons (Fsp3) is 0.429. The molecule has 0 aromatic rings. The van der Waals surface area contributed by atoms with Crippen molar-refractivity contribution in [3.63, 3.8) is 0 Å². The Morgan fingerprint density at radius 2 is 2.07 bits per heavy atom. The van der Waals surface area contributed by atoms with Gasteiger partial charge >= 0.3 is 5.97 Å². The molecule has 1 unspecified atom stereocenters. The van der Waals surface area contributed by atoms with E-state index in [1.54, 1.807) is 0 Å². The third-order valence-electron chi connectivity index (χ3n) is 1.22. The van der Waals surface area contributed by atoms with Crippen LogP contribution in [0.15, 0.2) is 12.3 Å². The van der Waals surface area contributed by atoms with Crippen LogP contribution in [0.3, 0.4) is 0 Å². The highest BCUT2D eigenvalue weighted by atomic mass is 16.6. The number of rotatable bonds is 6. The van der Waals surface area contributed by atoms with Gasteiger partial charge in [-0.05, 0) is 0 Å². The van der Waals surface area contributed by atoms with Crippen molar-refractivity contribution in [1.82, 2.24) is 0 Å². The Morgan fingerprint density at radius 3 is 2.50 bits per heavy atom. The lowest BCUT2D eigenvalue weighted by Crippen LogP contribution is -2.14. The highest BCUT2D eigenvalue weighted by molar-refractivity contribution is 5.94. The molecule has 0 aliphatic rings. The predicted molar refractivity (Wildman–Crippen MR) is 44.0 cm³/mol. The predicted octanol–water partition coefficient (Wildman–Crippen LogP) is -0.428. The number of carboxylic acid groups (broad SMARTS) is 1. The van der Waals surface area contributed by atoms with Gasteiger partial charge in [0.25, 0.3) is 0 Å². The van der Waals surface area contributed by atoms with Crippen molar-refractivity contribution in [1.29, 1.82) is 0 Å². The van der Waals surface area contributed by atoms with Crippen molar-refractivity contribution < 1.29 is 24.7 Å². The Morgan fingerprint density at radius 1 is 1.50 bits per heavy atom. The van der Waals surface area contributed by atoms with Gasteiger partial charge in [-0.15, -0.1) is 0 Å². The van der Waals surface area contributed by atoms with Crippen LogP contribution in [0.2, 0.25) is 0 Å². The van der Waals surface area contributed by atoms with Gasteiger partial charge in [-0.1, -0.05) is 0 Å². The van der Waals surface area contributed by atoms with Gasteiger partial charge in [0.05, 0.1) is 11.0 Å². The number of carbonyl (C=O) groups is 2. The fourth-order valence-corrected chi connectivity index (χ4v) is 0.712. The summed E-state index contributed by atoms with van der Waals surface area (Å²) < 4.78 is 0. The summed E-state index contributed by atoms with van der Waals surface area (Å²) in [6, 6.07) is 0. The van der Waals surface area contributed by atoms with Crippen molar-refractivity contribution >= 4 is 11.8 Å². The number of nitrogens with zero attached hydrogens (tertiary/aromatic N) is 1. The van der Waals surface area contributed by atoms with Crippen molar-refractivity contribution in [2.75, 3.05) is 0 Å². The largest absolute Gasteiger partial charge is 0.481 e. The third kappa shape index (κ3) is 6.92. The molecule has 0 aromatic carbocycles. The van der Waals surface area contributed by atoms with Gasteiger partial charge < -0.3 is 10.2 Å². The molecule has 0 aliphatic heterocycles. The molecule has 0 saturated carbocycles. The van der Waals surface area contributed by atoms with E-state index in [4.69, 9.17) is 10.2 Å². The molecule has 0 bridgehead atoms. The lowest BCUT2D eigenvalue weighted by molar-refractivity contribution is -0.402. The van der Waals surface area contributed by atoms with E-state index < -0.39 is 35.6 Å². The Bertz CT molecular complexity index is 271. The number of Topliss-reactive ketones (excluding diaryl/α,β-unsaturated/α-hetero) is 1. The van der Waals surface area contributed by atoms with Crippen LogP contribution >= 0.6 is 0 Å². The van der Waals surface area contributed by atoms with Crippen LogP contribution in [-0.2, 0) is 9.59 Å². The minimum atomic E-state index is -1.31. The first kappa shape index (κ1) is 12.2. The summed E-state index contributed by atoms with van der Waals surface area (Å²) in [5.41, 5.74) is 0. The SMILES string of the molecule is O=C(O)CC(=O)CC(O)C=C[N+](=O)[O-]. The highest BCUT2D eigenvalue weighted by Crippen LogP contribution is 1.98. The summed E-state index contributed by atoms with van der Waals surface area (Å²) in [6.07, 6.45) is -1.12. The molecular weight excluding hydrogens is 194 g/mol. The molecule has 0 radical (unpaired) electrons. The van der Waals surface area contributed by atoms with E-state index in [-0.39, 0.29) is 0 Å². The van der Waals surface area contributed by atoms with Crippen LogP contribution in [0, 0.1) is 10.1 Å². The van der Waals surface area contributed by atoms with Crippen LogP contribution in [0.4, 0.5) is 0 Å². The van der Waals surface area contributed by atoms with Crippen molar-refractivity contribution in [3.8, 4) is 0 Å². The Kier molecular flexibility index (Phi) is 5.08. The quantitative estimate of drug-likeness (QED) is 0.343. The third-order valence-corrected chi connectivity index (χ3v) is 1.22. The molecule has 0 aromatic heterocycles. The Hall–Kier alpha value is -1.76. The molecule has 7 heteroatoms. The van der Waals surface area contributed by atoms with Gasteiger partial charge in [-0.2, -0.15) is 0 Å². The molecule has 0 fully saturated rings. The lowest BCUT2D eigenvalue weighted by atomic mass is 10.1. The molecule has 2 N–H and O–H groups in total. The number of aliphatic hydroxyl groups is 1. The summed E-state index contributed by atoms with van der Waals surface area (Å²) in [5.74, 6) is -1.97. The number of ketones is 1. The molecule has 0 rings (SSSR count). The molecule has 0 spiro atoms. The molecule has 78 valence electrons. The molecule has 0 aliphatic carbocycles. The van der Waals surface area contributed by atoms with Gasteiger partial charge in [0.1, 0.15) is 12.2 Å². The minimum Gasteiger partial charge on any atom is -0.481 e. The summed E-state index contributed by atoms with van der Waals surface area (Å²) >= 11 is 0. The van der Waals surface area contributed by atoms with E-state index in [0.717, 1.165) is 6.08 Å². The van der Waals surface area contributed by atoms with E-state index in [9.17, 15) is 19.7 Å². The first-order valence-electron chi connectivity index (χ1n) is 3.65. The molecule has 7 nitrogen and oxygen atoms in total. The van der Waals surface area contributed by atoms with Crippen LogP contribution in [0.1, 0.15) is 12.8 Å². The standard InChI is InChI=1S/C7H9NO6/c9-5(1-2-8(13)14)3-6(10)4-7(11)12/h1-2,5,9H,3-4H2,(H,11,12). The first-order chi connectivity index (χ1) is 6.41. The number of nitro groups is 1. The minimum absolute atomic E-state index is 0.434. The van der Waals surface area contributed by atoms with Crippen molar-refractivity contribution in [2.45, 2.75) is 18.9 Å². The zero-order valence-electron chi connectivity index (χ0n) is 7.12. The summed E-state index contributed by atoms with van der Waals surface area (Å²) in [7, 11) is 0. The van der Waals surface area contributed by atoms with Crippen LogP contribution in [0.25, 0.3) is 0 Å². The second-order valence-corrected chi connectivity index (χ2v) is 2.51. The molecule has 0 heterocycles. The first-order valence-corrected chi connectivity index (χ1v) is 3.65. The van der Waals surface area contributed by atoms with Gasteiger partial charge in [-0.3, -0.25) is 19.7 Å².